The van der Waals surface area contributed by atoms with Crippen LogP contribution in [0.15, 0.2) is 18.3 Å². The minimum Gasteiger partial charge on any atom is -0.370 e. The molecule has 3 amide bonds. The molecule has 5 N–H and O–H groups in total. The number of nitrogens with zero attached hydrogens (tertiary/aromatic N) is 1. The zero-order chi connectivity index (χ0) is 14.1. The van der Waals surface area contributed by atoms with Gasteiger partial charge in [-0.25, -0.2) is 9.78 Å². The normalized spacial score (nSPS) is 9.74. The smallest absolute Gasteiger partial charge is 0.312 e. The molecule has 0 bridgehead atoms. The molecule has 0 atom stereocenters. The van der Waals surface area contributed by atoms with Crippen molar-refractivity contribution < 1.29 is 9.59 Å². The van der Waals surface area contributed by atoms with Crippen LogP contribution in [0.4, 0.5) is 10.6 Å². The molecule has 0 fully saturated rings. The second kappa shape index (κ2) is 7.91. The van der Waals surface area contributed by atoms with Crippen molar-refractivity contribution in [2.45, 2.75) is 13.3 Å². The number of urea groups is 1. The molecule has 1 aromatic heterocycles. The van der Waals surface area contributed by atoms with Gasteiger partial charge in [0, 0.05) is 25.8 Å². The summed E-state index contributed by atoms with van der Waals surface area (Å²) in [6, 6.07) is 2.84. The Kier molecular flexibility index (Phi) is 6.14. The first-order valence-electron chi connectivity index (χ1n) is 6.15. The molecule has 0 unspecified atom stereocenters. The molecule has 1 rings (SSSR count). The minimum absolute atomic E-state index is 0.235. The molecule has 0 spiro atoms. The first-order chi connectivity index (χ1) is 9.13. The number of anilines is 1. The van der Waals surface area contributed by atoms with Gasteiger partial charge in [-0.1, -0.05) is 6.92 Å². The van der Waals surface area contributed by atoms with Crippen molar-refractivity contribution in [3.05, 3.63) is 23.9 Å². The minimum atomic E-state index is -0.609. The van der Waals surface area contributed by atoms with E-state index in [0.29, 0.717) is 18.7 Å². The van der Waals surface area contributed by atoms with Crippen LogP contribution in [0, 0.1) is 0 Å². The van der Waals surface area contributed by atoms with Crippen molar-refractivity contribution in [3.8, 4) is 0 Å². The third kappa shape index (κ3) is 5.71. The molecule has 0 saturated heterocycles. The number of pyridine rings is 1. The lowest BCUT2D eigenvalue weighted by Gasteiger charge is -2.07. The van der Waals surface area contributed by atoms with E-state index in [0.717, 1.165) is 18.8 Å². The summed E-state index contributed by atoms with van der Waals surface area (Å²) in [6.07, 6.45) is 2.52. The number of carbonyl (C=O) groups excluding carboxylic acids is 2. The quantitative estimate of drug-likeness (QED) is 0.532. The van der Waals surface area contributed by atoms with Crippen LogP contribution in [0.1, 0.15) is 23.7 Å². The van der Waals surface area contributed by atoms with E-state index in [2.05, 4.69) is 27.9 Å². The molecule has 0 aromatic carbocycles. The summed E-state index contributed by atoms with van der Waals surface area (Å²) >= 11 is 0. The highest BCUT2D eigenvalue weighted by Crippen LogP contribution is 2.04. The fourth-order valence-corrected chi connectivity index (χ4v) is 1.35. The Labute approximate surface area is 112 Å². The predicted molar refractivity (Wildman–Crippen MR) is 72.9 cm³/mol. The number of amides is 3. The third-order valence-corrected chi connectivity index (χ3v) is 2.29. The van der Waals surface area contributed by atoms with Gasteiger partial charge in [-0.15, -0.1) is 0 Å². The van der Waals surface area contributed by atoms with Crippen molar-refractivity contribution in [1.82, 2.24) is 15.6 Å². The zero-order valence-electron chi connectivity index (χ0n) is 10.9. The average Bonchev–Trinajstić information content (AvgIpc) is 2.41. The summed E-state index contributed by atoms with van der Waals surface area (Å²) in [7, 11) is 0. The number of aromatic nitrogens is 1. The van der Waals surface area contributed by atoms with Gasteiger partial charge in [-0.05, 0) is 18.6 Å². The molecule has 0 aliphatic rings. The SMILES string of the molecule is CCCNc1ccc(C(=O)NCCNC(N)=O)cn1. The fraction of sp³-hybridized carbons (Fsp3) is 0.417. The second-order valence-corrected chi connectivity index (χ2v) is 3.91. The molecular weight excluding hydrogens is 246 g/mol. The molecule has 7 heteroatoms. The summed E-state index contributed by atoms with van der Waals surface area (Å²) < 4.78 is 0. The number of nitrogens with one attached hydrogen (secondary N) is 3. The number of hydrogen-bond donors (Lipinski definition) is 4. The third-order valence-electron chi connectivity index (χ3n) is 2.29. The number of nitrogens with two attached hydrogens (primary N) is 1. The van der Waals surface area contributed by atoms with Gasteiger partial charge in [0.15, 0.2) is 0 Å². The van der Waals surface area contributed by atoms with Crippen molar-refractivity contribution in [1.29, 1.82) is 0 Å². The lowest BCUT2D eigenvalue weighted by molar-refractivity contribution is 0.0953. The molecule has 0 saturated carbocycles. The molecule has 7 nitrogen and oxygen atoms in total. The van der Waals surface area contributed by atoms with E-state index in [9.17, 15) is 9.59 Å². The number of rotatable bonds is 7. The van der Waals surface area contributed by atoms with Gasteiger partial charge in [-0.2, -0.15) is 0 Å². The first-order valence-corrected chi connectivity index (χ1v) is 6.15. The second-order valence-electron chi connectivity index (χ2n) is 3.91. The summed E-state index contributed by atoms with van der Waals surface area (Å²) in [5, 5.41) is 8.15. The lowest BCUT2D eigenvalue weighted by Crippen LogP contribution is -2.37. The summed E-state index contributed by atoms with van der Waals surface area (Å²) in [5.74, 6) is 0.509. The van der Waals surface area contributed by atoms with Gasteiger partial charge in [0.25, 0.3) is 5.91 Å². The van der Waals surface area contributed by atoms with Crippen molar-refractivity contribution >= 4 is 17.8 Å². The van der Waals surface area contributed by atoms with E-state index < -0.39 is 6.03 Å². The van der Waals surface area contributed by atoms with E-state index in [1.807, 2.05) is 0 Å². The maximum Gasteiger partial charge on any atom is 0.312 e. The molecule has 0 aliphatic carbocycles. The summed E-state index contributed by atoms with van der Waals surface area (Å²) in [4.78, 5) is 26.3. The monoisotopic (exact) mass is 265 g/mol. The van der Waals surface area contributed by atoms with Gasteiger partial charge in [-0.3, -0.25) is 4.79 Å². The van der Waals surface area contributed by atoms with E-state index in [1.165, 1.54) is 6.20 Å². The lowest BCUT2D eigenvalue weighted by atomic mass is 10.2. The molecule has 1 heterocycles. The average molecular weight is 265 g/mol. The van der Waals surface area contributed by atoms with Crippen LogP contribution in [-0.2, 0) is 0 Å². The van der Waals surface area contributed by atoms with Crippen molar-refractivity contribution in [2.75, 3.05) is 25.0 Å². The highest BCUT2D eigenvalue weighted by atomic mass is 16.2. The number of carbonyl (C=O) groups is 2. The Hall–Kier alpha value is -2.31. The zero-order valence-corrected chi connectivity index (χ0v) is 10.9. The van der Waals surface area contributed by atoms with Crippen molar-refractivity contribution in [3.63, 3.8) is 0 Å². The van der Waals surface area contributed by atoms with E-state index in [4.69, 9.17) is 5.73 Å². The Bertz CT molecular complexity index is 419. The first kappa shape index (κ1) is 14.7. The van der Waals surface area contributed by atoms with Crippen LogP contribution in [0.25, 0.3) is 0 Å². The topological polar surface area (TPSA) is 109 Å². The standard InChI is InChI=1S/C12H19N5O2/c1-2-5-14-10-4-3-9(8-17-10)11(18)15-6-7-16-12(13)19/h3-4,8H,2,5-7H2,1H3,(H,14,17)(H,15,18)(H3,13,16,19). The summed E-state index contributed by atoms with van der Waals surface area (Å²) in [6.45, 7) is 3.52. The van der Waals surface area contributed by atoms with Gasteiger partial charge in [0.2, 0.25) is 0 Å². The van der Waals surface area contributed by atoms with Crippen LogP contribution < -0.4 is 21.7 Å². The molecule has 104 valence electrons. The van der Waals surface area contributed by atoms with Gasteiger partial charge < -0.3 is 21.7 Å². The van der Waals surface area contributed by atoms with Crippen LogP contribution in [-0.4, -0.2) is 36.6 Å². The fourth-order valence-electron chi connectivity index (χ4n) is 1.35. The number of hydrogen-bond acceptors (Lipinski definition) is 4. The van der Waals surface area contributed by atoms with Crippen molar-refractivity contribution in [2.24, 2.45) is 5.73 Å². The highest BCUT2D eigenvalue weighted by Gasteiger charge is 2.05. The van der Waals surface area contributed by atoms with Crippen LogP contribution in [0.2, 0.25) is 0 Å². The van der Waals surface area contributed by atoms with Gasteiger partial charge in [0.05, 0.1) is 5.56 Å². The Balaban J connectivity index is 2.37. The largest absolute Gasteiger partial charge is 0.370 e. The predicted octanol–water partition coefficient (Wildman–Crippen LogP) is 0.302. The molecular formula is C12H19N5O2. The Morgan fingerprint density at radius 1 is 1.21 bits per heavy atom. The number of primary amides is 1. The summed E-state index contributed by atoms with van der Waals surface area (Å²) in [5.41, 5.74) is 5.37. The van der Waals surface area contributed by atoms with E-state index >= 15 is 0 Å². The van der Waals surface area contributed by atoms with Gasteiger partial charge >= 0.3 is 6.03 Å². The highest BCUT2D eigenvalue weighted by molar-refractivity contribution is 5.94. The Morgan fingerprint density at radius 2 is 1.95 bits per heavy atom. The molecule has 0 aliphatic heterocycles. The molecule has 1 aromatic rings. The van der Waals surface area contributed by atoms with E-state index in [1.54, 1.807) is 12.1 Å². The van der Waals surface area contributed by atoms with Crippen LogP contribution in [0.3, 0.4) is 0 Å². The van der Waals surface area contributed by atoms with Crippen LogP contribution in [0.5, 0.6) is 0 Å². The van der Waals surface area contributed by atoms with E-state index in [-0.39, 0.29) is 5.91 Å². The maximum absolute atomic E-state index is 11.7. The van der Waals surface area contributed by atoms with Crippen LogP contribution >= 0.6 is 0 Å². The Morgan fingerprint density at radius 3 is 2.53 bits per heavy atom. The molecule has 0 radical (unpaired) electrons. The maximum atomic E-state index is 11.7. The van der Waals surface area contributed by atoms with Gasteiger partial charge in [0.1, 0.15) is 5.82 Å². The molecule has 19 heavy (non-hydrogen) atoms.